The Hall–Kier alpha value is -2.91. The first-order chi connectivity index (χ1) is 14.3. The van der Waals surface area contributed by atoms with Gasteiger partial charge in [-0.25, -0.2) is 18.4 Å². The smallest absolute Gasteiger partial charge is 0.327 e. The third-order valence-corrected chi connectivity index (χ3v) is 6.56. The summed E-state index contributed by atoms with van der Waals surface area (Å²) in [6.07, 6.45) is 5.59. The number of nitrogens with one attached hydrogen (secondary N) is 1. The van der Waals surface area contributed by atoms with E-state index in [-0.39, 0.29) is 29.5 Å². The van der Waals surface area contributed by atoms with E-state index in [0.29, 0.717) is 27.6 Å². The Bertz CT molecular complexity index is 1110. The van der Waals surface area contributed by atoms with Gasteiger partial charge < -0.3 is 9.88 Å². The van der Waals surface area contributed by atoms with Gasteiger partial charge in [0.1, 0.15) is 0 Å². The molecule has 1 amide bonds. The summed E-state index contributed by atoms with van der Waals surface area (Å²) in [6, 6.07) is 2.40. The van der Waals surface area contributed by atoms with Gasteiger partial charge in [-0.2, -0.15) is 13.9 Å². The summed E-state index contributed by atoms with van der Waals surface area (Å²) in [7, 11) is 0. The van der Waals surface area contributed by atoms with E-state index in [1.165, 1.54) is 12.3 Å². The van der Waals surface area contributed by atoms with Crippen molar-refractivity contribution in [1.29, 1.82) is 0 Å². The van der Waals surface area contributed by atoms with Crippen LogP contribution in [0, 0.1) is 35.3 Å². The highest BCUT2D eigenvalue weighted by Crippen LogP contribution is 2.64. The number of amides is 1. The minimum atomic E-state index is -2.75. The molecule has 0 spiro atoms. The molecule has 5 atom stereocenters. The van der Waals surface area contributed by atoms with Crippen LogP contribution in [0.15, 0.2) is 30.9 Å². The van der Waals surface area contributed by atoms with Gasteiger partial charge in [-0.15, -0.1) is 0 Å². The number of rotatable bonds is 5. The third-order valence-electron chi connectivity index (χ3n) is 6.56. The lowest BCUT2D eigenvalue weighted by Crippen LogP contribution is -2.24. The van der Waals surface area contributed by atoms with Crippen molar-refractivity contribution < 1.29 is 22.4 Å². The Morgan fingerprint density at radius 2 is 1.90 bits per heavy atom. The van der Waals surface area contributed by atoms with E-state index in [2.05, 4.69) is 15.4 Å². The lowest BCUT2D eigenvalue weighted by molar-refractivity contribution is -0.120. The van der Waals surface area contributed by atoms with Crippen LogP contribution in [0.1, 0.15) is 32.4 Å². The van der Waals surface area contributed by atoms with Crippen molar-refractivity contribution in [2.24, 2.45) is 23.7 Å². The zero-order valence-corrected chi connectivity index (χ0v) is 16.0. The molecule has 5 rings (SSSR count). The van der Waals surface area contributed by atoms with Crippen LogP contribution < -0.4 is 5.32 Å². The number of imidazole rings is 1. The number of hydrogen-bond acceptors (Lipinski definition) is 3. The first-order valence-corrected chi connectivity index (χ1v) is 9.78. The van der Waals surface area contributed by atoms with Crippen LogP contribution in [0.4, 0.5) is 23.2 Å². The van der Waals surface area contributed by atoms with Crippen molar-refractivity contribution in [3.63, 3.8) is 0 Å². The minimum absolute atomic E-state index is 0.130. The molecule has 0 bridgehead atoms. The molecule has 30 heavy (non-hydrogen) atoms. The molecule has 158 valence electrons. The van der Waals surface area contributed by atoms with Crippen LogP contribution >= 0.6 is 0 Å². The summed E-state index contributed by atoms with van der Waals surface area (Å²) in [5, 5.41) is 6.17. The lowest BCUT2D eigenvalue weighted by Gasteiger charge is -2.19. The number of hydrogen-bond donors (Lipinski definition) is 1. The predicted molar refractivity (Wildman–Crippen MR) is 99.7 cm³/mol. The number of carbonyl (C=O) groups excluding carboxylic acids is 1. The van der Waals surface area contributed by atoms with Crippen LogP contribution in [-0.4, -0.2) is 25.2 Å². The van der Waals surface area contributed by atoms with E-state index in [9.17, 15) is 22.4 Å². The molecular weight excluding hydrogens is 402 g/mol. The lowest BCUT2D eigenvalue weighted by atomic mass is 9.96. The molecule has 1 N–H and O–H groups in total. The molecule has 2 heterocycles. The molecule has 3 unspecified atom stereocenters. The molecule has 6 nitrogen and oxygen atoms in total. The summed E-state index contributed by atoms with van der Waals surface area (Å²) in [4.78, 5) is 16.7. The van der Waals surface area contributed by atoms with Gasteiger partial charge in [0.2, 0.25) is 5.91 Å². The average Bonchev–Trinajstić information content (AvgIpc) is 3.13. The predicted octanol–water partition coefficient (Wildman–Crippen LogP) is 4.38. The largest absolute Gasteiger partial charge is 0.333 e. The van der Waals surface area contributed by atoms with Crippen molar-refractivity contribution in [2.75, 3.05) is 5.32 Å². The maximum Gasteiger partial charge on any atom is 0.333 e. The zero-order valence-electron chi connectivity index (χ0n) is 16.0. The highest BCUT2D eigenvalue weighted by atomic mass is 19.3. The van der Waals surface area contributed by atoms with Crippen LogP contribution in [0.2, 0.25) is 0 Å². The molecule has 0 radical (unpaired) electrons. The highest BCUT2D eigenvalue weighted by molar-refractivity contribution is 5.92. The van der Waals surface area contributed by atoms with Gasteiger partial charge in [0, 0.05) is 24.1 Å². The maximum atomic E-state index is 13.7. The number of halogens is 4. The van der Waals surface area contributed by atoms with Gasteiger partial charge in [0.25, 0.3) is 0 Å². The molecule has 0 saturated heterocycles. The summed E-state index contributed by atoms with van der Waals surface area (Å²) < 4.78 is 54.7. The van der Waals surface area contributed by atoms with Crippen molar-refractivity contribution in [2.45, 2.75) is 32.4 Å². The minimum Gasteiger partial charge on any atom is -0.327 e. The van der Waals surface area contributed by atoms with E-state index in [1.54, 1.807) is 6.33 Å². The molecule has 10 heteroatoms. The first kappa shape index (κ1) is 19.1. The normalized spacial score (nSPS) is 26.2. The maximum absolute atomic E-state index is 13.7. The quantitative estimate of drug-likeness (QED) is 0.622. The fraction of sp³-hybridized carbons (Fsp3) is 0.450. The standard InChI is InChI=1S/C20H19F4N5O/c1-9(19(30)27-10-6-26-29(7-10)20(23)24)18-12-2-11(3-13(12)18)28-8-25-16-4-14(21)15(22)5-17(16)28/h4-9,11-13,18,20H,2-3H2,1H3,(H,27,30)/t9?,11?,12-,13+,18?. The monoisotopic (exact) mass is 421 g/mol. The first-order valence-electron chi connectivity index (χ1n) is 9.78. The Balaban J connectivity index is 1.23. The topological polar surface area (TPSA) is 64.7 Å². The van der Waals surface area contributed by atoms with Gasteiger partial charge in [0.05, 0.1) is 35.4 Å². The van der Waals surface area contributed by atoms with Crippen LogP contribution in [-0.2, 0) is 4.79 Å². The van der Waals surface area contributed by atoms with E-state index in [0.717, 1.165) is 25.1 Å². The van der Waals surface area contributed by atoms with Crippen LogP contribution in [0.25, 0.3) is 11.0 Å². The van der Waals surface area contributed by atoms with Crippen molar-refractivity contribution >= 4 is 22.6 Å². The van der Waals surface area contributed by atoms with Gasteiger partial charge in [0.15, 0.2) is 11.6 Å². The molecular formula is C20H19F4N5O. The van der Waals surface area contributed by atoms with Gasteiger partial charge in [-0.1, -0.05) is 6.92 Å². The van der Waals surface area contributed by atoms with Gasteiger partial charge >= 0.3 is 6.55 Å². The van der Waals surface area contributed by atoms with Crippen molar-refractivity contribution in [3.8, 4) is 0 Å². The highest BCUT2D eigenvalue weighted by Gasteiger charge is 2.59. The average molecular weight is 421 g/mol. The van der Waals surface area contributed by atoms with Gasteiger partial charge in [-0.3, -0.25) is 4.79 Å². The third kappa shape index (κ3) is 3.05. The second-order valence-corrected chi connectivity index (χ2v) is 8.20. The molecule has 1 aromatic carbocycles. The van der Waals surface area contributed by atoms with E-state index >= 15 is 0 Å². The van der Waals surface area contributed by atoms with E-state index in [1.807, 2.05) is 11.5 Å². The summed E-state index contributed by atoms with van der Waals surface area (Å²) in [5.74, 6) is -1.35. The fourth-order valence-electron chi connectivity index (χ4n) is 5.09. The Morgan fingerprint density at radius 1 is 1.20 bits per heavy atom. The number of alkyl halides is 2. The molecule has 0 aliphatic heterocycles. The van der Waals surface area contributed by atoms with Crippen LogP contribution in [0.3, 0.4) is 0 Å². The summed E-state index contributed by atoms with van der Waals surface area (Å²) >= 11 is 0. The van der Waals surface area contributed by atoms with Gasteiger partial charge in [-0.05, 0) is 30.6 Å². The SMILES string of the molecule is CC(C(=O)Nc1cnn(C(F)F)c1)C1[C@H]2CC(n3cnc4cc(F)c(F)cc43)C[C@@H]12. The molecule has 2 saturated carbocycles. The zero-order chi connectivity index (χ0) is 21.2. The van der Waals surface area contributed by atoms with E-state index in [4.69, 9.17) is 0 Å². The number of benzene rings is 1. The Labute approximate surface area is 168 Å². The molecule has 2 aliphatic rings. The van der Waals surface area contributed by atoms with Crippen LogP contribution in [0.5, 0.6) is 0 Å². The fourth-order valence-corrected chi connectivity index (χ4v) is 5.09. The second kappa shape index (κ2) is 6.82. The Kier molecular flexibility index (Phi) is 4.33. The molecule has 2 fully saturated rings. The second-order valence-electron chi connectivity index (χ2n) is 8.20. The van der Waals surface area contributed by atoms with E-state index < -0.39 is 18.2 Å². The van der Waals surface area contributed by atoms with Crippen molar-refractivity contribution in [3.05, 3.63) is 42.5 Å². The number of aromatic nitrogens is 4. The number of anilines is 1. The van der Waals surface area contributed by atoms with Crippen molar-refractivity contribution in [1.82, 2.24) is 19.3 Å². The summed E-state index contributed by atoms with van der Waals surface area (Å²) in [5.41, 5.74) is 1.23. The number of carbonyl (C=O) groups is 1. The molecule has 3 aromatic rings. The Morgan fingerprint density at radius 3 is 2.57 bits per heavy atom. The summed E-state index contributed by atoms with van der Waals surface area (Å²) in [6.45, 7) is -0.910. The molecule has 2 aliphatic carbocycles. The number of nitrogens with zero attached hydrogens (tertiary/aromatic N) is 4. The number of fused-ring (bicyclic) bond motifs is 2. The molecule has 2 aromatic heterocycles.